The summed E-state index contributed by atoms with van der Waals surface area (Å²) in [4.78, 5) is 27.4. The molecule has 6 heteroatoms. The fourth-order valence-electron chi connectivity index (χ4n) is 2.49. The number of rotatable bonds is 3. The van der Waals surface area contributed by atoms with Crippen LogP contribution in [0.25, 0.3) is 0 Å². The van der Waals surface area contributed by atoms with Crippen molar-refractivity contribution in [2.24, 2.45) is 5.92 Å². The van der Waals surface area contributed by atoms with Crippen LogP contribution in [-0.2, 0) is 4.79 Å². The van der Waals surface area contributed by atoms with Gasteiger partial charge in [-0.15, -0.1) is 0 Å². The van der Waals surface area contributed by atoms with Gasteiger partial charge in [-0.3, -0.25) is 9.78 Å². The molecule has 3 N–H and O–H groups in total. The molecule has 0 spiro atoms. The third kappa shape index (κ3) is 2.89. The Labute approximate surface area is 116 Å². The number of aromatic hydroxyl groups is 1. The first kappa shape index (κ1) is 14.3. The Morgan fingerprint density at radius 3 is 2.55 bits per heavy atom. The second-order valence-corrected chi connectivity index (χ2v) is 5.46. The van der Waals surface area contributed by atoms with Crippen molar-refractivity contribution in [3.8, 4) is 5.75 Å². The SMILES string of the molecule is CC1CCC(NC(=O)c2cncc(O)c2)(C(=O)O)CC1. The molecule has 6 nitrogen and oxygen atoms in total. The molecule has 1 heterocycles. The molecule has 0 unspecified atom stereocenters. The predicted octanol–water partition coefficient (Wildman–Crippen LogP) is 1.55. The zero-order valence-corrected chi connectivity index (χ0v) is 11.3. The maximum Gasteiger partial charge on any atom is 0.329 e. The summed E-state index contributed by atoms with van der Waals surface area (Å²) in [5.74, 6) is -1.18. The van der Waals surface area contributed by atoms with Gasteiger partial charge in [0, 0.05) is 6.20 Å². The quantitative estimate of drug-likeness (QED) is 0.779. The summed E-state index contributed by atoms with van der Waals surface area (Å²) in [5, 5.41) is 21.4. The number of hydrogen-bond donors (Lipinski definition) is 3. The van der Waals surface area contributed by atoms with E-state index in [1.54, 1.807) is 0 Å². The number of aliphatic carboxylic acids is 1. The van der Waals surface area contributed by atoms with Gasteiger partial charge in [-0.2, -0.15) is 0 Å². The highest BCUT2D eigenvalue weighted by atomic mass is 16.4. The lowest BCUT2D eigenvalue weighted by Crippen LogP contribution is -2.56. The Hall–Kier alpha value is -2.11. The van der Waals surface area contributed by atoms with E-state index in [0.29, 0.717) is 18.8 Å². The number of carboxylic acids is 1. The zero-order chi connectivity index (χ0) is 14.8. The molecule has 1 aromatic heterocycles. The van der Waals surface area contributed by atoms with Crippen molar-refractivity contribution in [3.63, 3.8) is 0 Å². The van der Waals surface area contributed by atoms with Gasteiger partial charge in [-0.25, -0.2) is 4.79 Å². The Balaban J connectivity index is 2.17. The van der Waals surface area contributed by atoms with Crippen LogP contribution in [0.4, 0.5) is 0 Å². The molecule has 1 saturated carbocycles. The van der Waals surface area contributed by atoms with Crippen molar-refractivity contribution in [3.05, 3.63) is 24.0 Å². The number of aromatic nitrogens is 1. The van der Waals surface area contributed by atoms with Crippen molar-refractivity contribution in [1.82, 2.24) is 10.3 Å². The molecule has 0 radical (unpaired) electrons. The molecule has 0 aromatic carbocycles. The van der Waals surface area contributed by atoms with Gasteiger partial charge in [-0.1, -0.05) is 6.92 Å². The van der Waals surface area contributed by atoms with Crippen LogP contribution in [0.5, 0.6) is 5.75 Å². The molecule has 108 valence electrons. The highest BCUT2D eigenvalue weighted by Crippen LogP contribution is 2.32. The van der Waals surface area contributed by atoms with Gasteiger partial charge in [0.1, 0.15) is 11.3 Å². The largest absolute Gasteiger partial charge is 0.506 e. The van der Waals surface area contributed by atoms with Gasteiger partial charge in [0.25, 0.3) is 5.91 Å². The van der Waals surface area contributed by atoms with Gasteiger partial charge < -0.3 is 15.5 Å². The highest BCUT2D eigenvalue weighted by molar-refractivity contribution is 5.97. The number of pyridine rings is 1. The van der Waals surface area contributed by atoms with E-state index in [2.05, 4.69) is 17.2 Å². The van der Waals surface area contributed by atoms with E-state index in [9.17, 15) is 19.8 Å². The van der Waals surface area contributed by atoms with E-state index in [1.165, 1.54) is 18.5 Å². The molecule has 1 aliphatic carbocycles. The van der Waals surface area contributed by atoms with E-state index >= 15 is 0 Å². The first-order valence-electron chi connectivity index (χ1n) is 6.63. The summed E-state index contributed by atoms with van der Waals surface area (Å²) < 4.78 is 0. The second kappa shape index (κ2) is 5.48. The number of hydrogen-bond acceptors (Lipinski definition) is 4. The zero-order valence-electron chi connectivity index (χ0n) is 11.3. The third-order valence-electron chi connectivity index (χ3n) is 3.88. The van der Waals surface area contributed by atoms with E-state index in [-0.39, 0.29) is 11.3 Å². The van der Waals surface area contributed by atoms with Crippen molar-refractivity contribution in [2.45, 2.75) is 38.1 Å². The smallest absolute Gasteiger partial charge is 0.329 e. The van der Waals surface area contributed by atoms with Gasteiger partial charge >= 0.3 is 5.97 Å². The standard InChI is InChI=1S/C14H18N2O4/c1-9-2-4-14(5-3-9,13(19)20)16-12(18)10-6-11(17)8-15-7-10/h6-9,17H,2-5H2,1H3,(H,16,18)(H,19,20). The number of nitrogens with zero attached hydrogens (tertiary/aromatic N) is 1. The summed E-state index contributed by atoms with van der Waals surface area (Å²) in [5.41, 5.74) is -1.06. The summed E-state index contributed by atoms with van der Waals surface area (Å²) >= 11 is 0. The van der Waals surface area contributed by atoms with Crippen LogP contribution in [-0.4, -0.2) is 32.6 Å². The molecule has 2 rings (SSSR count). The van der Waals surface area contributed by atoms with Crippen molar-refractivity contribution < 1.29 is 19.8 Å². The number of carbonyl (C=O) groups excluding carboxylic acids is 1. The first-order chi connectivity index (χ1) is 9.43. The molecule has 1 amide bonds. The fraction of sp³-hybridized carbons (Fsp3) is 0.500. The van der Waals surface area contributed by atoms with Crippen LogP contribution in [0, 0.1) is 5.92 Å². The Morgan fingerprint density at radius 1 is 1.35 bits per heavy atom. The summed E-state index contributed by atoms with van der Waals surface area (Å²) in [6, 6.07) is 1.27. The maximum atomic E-state index is 12.1. The normalized spacial score (nSPS) is 25.9. The lowest BCUT2D eigenvalue weighted by Gasteiger charge is -2.36. The minimum Gasteiger partial charge on any atom is -0.506 e. The monoisotopic (exact) mass is 278 g/mol. The molecule has 1 aliphatic rings. The first-order valence-corrected chi connectivity index (χ1v) is 6.63. The minimum atomic E-state index is -1.21. The Kier molecular flexibility index (Phi) is 3.92. The Morgan fingerprint density at radius 2 is 2.00 bits per heavy atom. The van der Waals surface area contributed by atoms with Gasteiger partial charge in [0.2, 0.25) is 0 Å². The van der Waals surface area contributed by atoms with Crippen LogP contribution < -0.4 is 5.32 Å². The van der Waals surface area contributed by atoms with Crippen LogP contribution in [0.1, 0.15) is 43.0 Å². The maximum absolute atomic E-state index is 12.1. The summed E-state index contributed by atoms with van der Waals surface area (Å²) in [6.07, 6.45) is 4.89. The molecular formula is C14H18N2O4. The second-order valence-electron chi connectivity index (χ2n) is 5.46. The molecule has 0 aliphatic heterocycles. The summed E-state index contributed by atoms with van der Waals surface area (Å²) in [6.45, 7) is 2.08. The molecular weight excluding hydrogens is 260 g/mol. The Bertz CT molecular complexity index is 522. The average molecular weight is 278 g/mol. The van der Waals surface area contributed by atoms with E-state index in [0.717, 1.165) is 12.8 Å². The predicted molar refractivity (Wildman–Crippen MR) is 71.4 cm³/mol. The van der Waals surface area contributed by atoms with Crippen LogP contribution in [0.3, 0.4) is 0 Å². The van der Waals surface area contributed by atoms with E-state index in [1.807, 2.05) is 0 Å². The number of amides is 1. The van der Waals surface area contributed by atoms with E-state index < -0.39 is 17.4 Å². The lowest BCUT2D eigenvalue weighted by atomic mass is 9.77. The van der Waals surface area contributed by atoms with Crippen molar-refractivity contribution >= 4 is 11.9 Å². The molecule has 1 aromatic rings. The molecule has 20 heavy (non-hydrogen) atoms. The minimum absolute atomic E-state index is 0.126. The number of carboxylic acid groups (broad SMARTS) is 1. The van der Waals surface area contributed by atoms with Crippen LogP contribution in [0.2, 0.25) is 0 Å². The van der Waals surface area contributed by atoms with Crippen LogP contribution in [0.15, 0.2) is 18.5 Å². The average Bonchev–Trinajstić information content (AvgIpc) is 2.41. The van der Waals surface area contributed by atoms with Gasteiger partial charge in [-0.05, 0) is 37.7 Å². The third-order valence-corrected chi connectivity index (χ3v) is 3.88. The number of nitrogens with one attached hydrogen (secondary N) is 1. The van der Waals surface area contributed by atoms with Crippen molar-refractivity contribution in [1.29, 1.82) is 0 Å². The summed E-state index contributed by atoms with van der Waals surface area (Å²) in [7, 11) is 0. The van der Waals surface area contributed by atoms with Crippen molar-refractivity contribution in [2.75, 3.05) is 0 Å². The van der Waals surface area contributed by atoms with Gasteiger partial charge in [0.15, 0.2) is 0 Å². The number of carbonyl (C=O) groups is 2. The van der Waals surface area contributed by atoms with Gasteiger partial charge in [0.05, 0.1) is 11.8 Å². The highest BCUT2D eigenvalue weighted by Gasteiger charge is 2.42. The molecule has 0 saturated heterocycles. The fourth-order valence-corrected chi connectivity index (χ4v) is 2.49. The topological polar surface area (TPSA) is 99.5 Å². The van der Waals surface area contributed by atoms with Crippen LogP contribution >= 0.6 is 0 Å². The molecule has 1 fully saturated rings. The molecule has 0 atom stereocenters. The lowest BCUT2D eigenvalue weighted by molar-refractivity contribution is -0.146. The molecule has 0 bridgehead atoms. The van der Waals surface area contributed by atoms with E-state index in [4.69, 9.17) is 0 Å².